The van der Waals surface area contributed by atoms with Gasteiger partial charge in [0.2, 0.25) is 5.91 Å². The van der Waals surface area contributed by atoms with Crippen molar-refractivity contribution in [1.82, 2.24) is 5.32 Å². The van der Waals surface area contributed by atoms with Gasteiger partial charge in [0.15, 0.2) is 0 Å². The summed E-state index contributed by atoms with van der Waals surface area (Å²) in [6, 6.07) is 5.05. The Morgan fingerprint density at radius 2 is 2.18 bits per heavy atom. The molecule has 0 heterocycles. The summed E-state index contributed by atoms with van der Waals surface area (Å²) < 4.78 is 17.3. The number of ether oxygens (including phenoxy) is 1. The van der Waals surface area contributed by atoms with E-state index in [1.807, 2.05) is 0 Å². The Bertz CT molecular complexity index is 420. The third-order valence-electron chi connectivity index (χ3n) is 2.19. The van der Waals surface area contributed by atoms with Gasteiger partial charge in [-0.15, -0.1) is 0 Å². The van der Waals surface area contributed by atoms with Crippen LogP contribution in [-0.2, 0) is 20.7 Å². The van der Waals surface area contributed by atoms with Crippen LogP contribution in [0.2, 0.25) is 0 Å². The van der Waals surface area contributed by atoms with Crippen LogP contribution in [0.5, 0.6) is 0 Å². The average Bonchev–Trinajstić information content (AvgIpc) is 2.27. The molecule has 1 rings (SSSR count). The van der Waals surface area contributed by atoms with Crippen molar-refractivity contribution < 1.29 is 18.7 Å². The number of hydrogen-bond donors (Lipinski definition) is 1. The molecule has 0 unspecified atom stereocenters. The first kappa shape index (κ1) is 13.2. The number of halogens is 1. The van der Waals surface area contributed by atoms with E-state index in [1.165, 1.54) is 32.2 Å². The Hall–Kier alpha value is -1.91. The van der Waals surface area contributed by atoms with E-state index in [0.717, 1.165) is 0 Å². The van der Waals surface area contributed by atoms with Crippen LogP contribution in [0.25, 0.3) is 0 Å². The van der Waals surface area contributed by atoms with Gasteiger partial charge in [0.05, 0.1) is 13.5 Å². The van der Waals surface area contributed by atoms with Crippen molar-refractivity contribution in [1.29, 1.82) is 0 Å². The van der Waals surface area contributed by atoms with Crippen molar-refractivity contribution in [2.24, 2.45) is 0 Å². The molecule has 0 spiro atoms. The molecule has 0 aliphatic carbocycles. The van der Waals surface area contributed by atoms with E-state index < -0.39 is 17.8 Å². The van der Waals surface area contributed by atoms with E-state index in [-0.39, 0.29) is 12.3 Å². The molecule has 1 atom stereocenters. The first-order valence-corrected chi connectivity index (χ1v) is 5.14. The highest BCUT2D eigenvalue weighted by Crippen LogP contribution is 2.04. The lowest BCUT2D eigenvalue weighted by Crippen LogP contribution is -2.39. The number of rotatable bonds is 4. The van der Waals surface area contributed by atoms with Gasteiger partial charge in [-0.25, -0.2) is 9.18 Å². The number of carbonyl (C=O) groups is 2. The minimum absolute atomic E-state index is 0.0269. The predicted octanol–water partition coefficient (Wildman–Crippen LogP) is 1.05. The van der Waals surface area contributed by atoms with Crippen LogP contribution in [0.15, 0.2) is 24.3 Å². The van der Waals surface area contributed by atoms with Crippen LogP contribution < -0.4 is 5.32 Å². The van der Waals surface area contributed by atoms with E-state index in [2.05, 4.69) is 10.1 Å². The van der Waals surface area contributed by atoms with Gasteiger partial charge in [-0.1, -0.05) is 12.1 Å². The number of esters is 1. The maximum absolute atomic E-state index is 12.9. The monoisotopic (exact) mass is 239 g/mol. The summed E-state index contributed by atoms with van der Waals surface area (Å²) in [7, 11) is 1.25. The molecule has 1 aromatic carbocycles. The SMILES string of the molecule is COC(=O)[C@@H](C)NC(=O)Cc1cccc(F)c1. The van der Waals surface area contributed by atoms with Crippen LogP contribution in [0.3, 0.4) is 0 Å². The Morgan fingerprint density at radius 3 is 2.76 bits per heavy atom. The number of carbonyl (C=O) groups excluding carboxylic acids is 2. The summed E-state index contributed by atoms with van der Waals surface area (Å²) in [5, 5.41) is 2.46. The van der Waals surface area contributed by atoms with Gasteiger partial charge in [0.1, 0.15) is 11.9 Å². The van der Waals surface area contributed by atoms with Gasteiger partial charge in [-0.05, 0) is 24.6 Å². The van der Waals surface area contributed by atoms with Crippen molar-refractivity contribution in [3.63, 3.8) is 0 Å². The van der Waals surface area contributed by atoms with Crippen LogP contribution in [0.1, 0.15) is 12.5 Å². The lowest BCUT2D eigenvalue weighted by molar-refractivity contribution is -0.144. The average molecular weight is 239 g/mol. The summed E-state index contributed by atoms with van der Waals surface area (Å²) in [6.07, 6.45) is 0.0269. The number of nitrogens with one attached hydrogen (secondary N) is 1. The zero-order chi connectivity index (χ0) is 12.8. The van der Waals surface area contributed by atoms with E-state index in [0.29, 0.717) is 5.56 Å². The second-order valence-corrected chi connectivity index (χ2v) is 3.62. The lowest BCUT2D eigenvalue weighted by atomic mass is 10.1. The fourth-order valence-electron chi connectivity index (χ4n) is 1.36. The highest BCUT2D eigenvalue weighted by Gasteiger charge is 2.15. The molecule has 17 heavy (non-hydrogen) atoms. The predicted molar refractivity (Wildman–Crippen MR) is 59.7 cm³/mol. The molecule has 0 saturated carbocycles. The number of hydrogen-bond acceptors (Lipinski definition) is 3. The molecule has 1 amide bonds. The second kappa shape index (κ2) is 5.98. The van der Waals surface area contributed by atoms with Crippen molar-refractivity contribution in [2.75, 3.05) is 7.11 Å². The molecule has 5 heteroatoms. The summed E-state index contributed by atoms with van der Waals surface area (Å²) in [6.45, 7) is 1.52. The Labute approximate surface area is 98.8 Å². The Kier molecular flexibility index (Phi) is 4.63. The summed E-state index contributed by atoms with van der Waals surface area (Å²) >= 11 is 0. The van der Waals surface area contributed by atoms with Crippen LogP contribution in [0, 0.1) is 5.82 Å². The lowest BCUT2D eigenvalue weighted by Gasteiger charge is -2.11. The van der Waals surface area contributed by atoms with Crippen molar-refractivity contribution >= 4 is 11.9 Å². The molecule has 92 valence electrons. The van der Waals surface area contributed by atoms with Crippen LogP contribution >= 0.6 is 0 Å². The zero-order valence-electron chi connectivity index (χ0n) is 9.70. The van der Waals surface area contributed by atoms with Crippen LogP contribution in [0.4, 0.5) is 4.39 Å². The minimum Gasteiger partial charge on any atom is -0.467 e. The molecule has 0 saturated heterocycles. The van der Waals surface area contributed by atoms with E-state index in [9.17, 15) is 14.0 Å². The first-order chi connectivity index (χ1) is 8.02. The maximum Gasteiger partial charge on any atom is 0.328 e. The minimum atomic E-state index is -0.707. The summed E-state index contributed by atoms with van der Waals surface area (Å²) in [5.74, 6) is -1.26. The van der Waals surface area contributed by atoms with Gasteiger partial charge in [0, 0.05) is 0 Å². The van der Waals surface area contributed by atoms with Crippen molar-refractivity contribution in [3.8, 4) is 0 Å². The number of amides is 1. The standard InChI is InChI=1S/C12H14FNO3/c1-8(12(16)17-2)14-11(15)7-9-4-3-5-10(13)6-9/h3-6,8H,7H2,1-2H3,(H,14,15)/t8-/m1/s1. The summed E-state index contributed by atoms with van der Waals surface area (Å²) in [4.78, 5) is 22.6. The molecule has 4 nitrogen and oxygen atoms in total. The molecule has 0 bridgehead atoms. The number of benzene rings is 1. The molecule has 0 aliphatic heterocycles. The highest BCUT2D eigenvalue weighted by atomic mass is 19.1. The molecule has 0 fully saturated rings. The van der Waals surface area contributed by atoms with Gasteiger partial charge in [0.25, 0.3) is 0 Å². The molecule has 0 aromatic heterocycles. The second-order valence-electron chi connectivity index (χ2n) is 3.62. The van der Waals surface area contributed by atoms with Gasteiger partial charge < -0.3 is 10.1 Å². The van der Waals surface area contributed by atoms with Crippen molar-refractivity contribution in [3.05, 3.63) is 35.6 Å². The highest BCUT2D eigenvalue weighted by molar-refractivity contribution is 5.85. The molecule has 0 aliphatic rings. The fraction of sp³-hybridized carbons (Fsp3) is 0.333. The summed E-state index contributed by atoms with van der Waals surface area (Å²) in [5.41, 5.74) is 0.555. The topological polar surface area (TPSA) is 55.4 Å². The molecule has 1 N–H and O–H groups in total. The van der Waals surface area contributed by atoms with Gasteiger partial charge >= 0.3 is 5.97 Å². The first-order valence-electron chi connectivity index (χ1n) is 5.14. The normalized spacial score (nSPS) is 11.7. The smallest absolute Gasteiger partial charge is 0.328 e. The maximum atomic E-state index is 12.9. The van der Waals surface area contributed by atoms with E-state index >= 15 is 0 Å². The van der Waals surface area contributed by atoms with Crippen molar-refractivity contribution in [2.45, 2.75) is 19.4 Å². The Balaban J connectivity index is 2.53. The zero-order valence-corrected chi connectivity index (χ0v) is 9.70. The number of methoxy groups -OCH3 is 1. The third kappa shape index (κ3) is 4.22. The molecule has 1 aromatic rings. The quantitative estimate of drug-likeness (QED) is 0.799. The van der Waals surface area contributed by atoms with Gasteiger partial charge in [-0.2, -0.15) is 0 Å². The fourth-order valence-corrected chi connectivity index (χ4v) is 1.36. The largest absolute Gasteiger partial charge is 0.467 e. The Morgan fingerprint density at radius 1 is 1.47 bits per heavy atom. The van der Waals surface area contributed by atoms with Gasteiger partial charge in [-0.3, -0.25) is 4.79 Å². The third-order valence-corrected chi connectivity index (χ3v) is 2.19. The van der Waals surface area contributed by atoms with Crippen LogP contribution in [-0.4, -0.2) is 25.0 Å². The van der Waals surface area contributed by atoms with E-state index in [1.54, 1.807) is 6.07 Å². The molecular formula is C12H14FNO3. The molecule has 0 radical (unpaired) electrons. The molecular weight excluding hydrogens is 225 g/mol. The van der Waals surface area contributed by atoms with E-state index in [4.69, 9.17) is 0 Å².